The van der Waals surface area contributed by atoms with Gasteiger partial charge in [-0.2, -0.15) is 0 Å². The van der Waals surface area contributed by atoms with Gasteiger partial charge in [-0.15, -0.1) is 0 Å². The van der Waals surface area contributed by atoms with Crippen molar-refractivity contribution < 1.29 is 9.32 Å². The Balaban J connectivity index is 1.69. The Bertz CT molecular complexity index is 282. The first-order valence-corrected chi connectivity index (χ1v) is 8.06. The molecule has 1 saturated carbocycles. The Kier molecular flexibility index (Phi) is 2.87. The molecular weight excluding hydrogens is 220 g/mol. The molecule has 0 amide bonds. The van der Waals surface area contributed by atoms with E-state index >= 15 is 0 Å². The van der Waals surface area contributed by atoms with Gasteiger partial charge in [0.15, 0.2) is 0 Å². The van der Waals surface area contributed by atoms with Crippen LogP contribution in [0.1, 0.15) is 57.8 Å². The Labute approximate surface area is 100 Å². The summed E-state index contributed by atoms with van der Waals surface area (Å²) in [6.45, 7) is 0. The summed E-state index contributed by atoms with van der Waals surface area (Å²) in [5, 5.41) is 11.3. The smallest absolute Gasteiger partial charge is 0.0673 e. The minimum atomic E-state index is -0.641. The van der Waals surface area contributed by atoms with Gasteiger partial charge in [0.1, 0.15) is 0 Å². The Morgan fingerprint density at radius 1 is 1.06 bits per heavy atom. The molecule has 3 rings (SSSR count). The third kappa shape index (κ3) is 1.97. The minimum absolute atomic E-state index is 0.303. The molecule has 3 heteroatoms. The van der Waals surface area contributed by atoms with Crippen molar-refractivity contribution in [3.63, 3.8) is 0 Å². The van der Waals surface area contributed by atoms with E-state index in [9.17, 15) is 9.32 Å². The van der Waals surface area contributed by atoms with Crippen molar-refractivity contribution >= 4 is 10.8 Å². The van der Waals surface area contributed by atoms with Crippen molar-refractivity contribution in [2.75, 3.05) is 0 Å². The lowest BCUT2D eigenvalue weighted by molar-refractivity contribution is -0.0212. The third-order valence-electron chi connectivity index (χ3n) is 4.82. The zero-order valence-electron chi connectivity index (χ0n) is 9.86. The second-order valence-corrected chi connectivity index (χ2v) is 8.13. The summed E-state index contributed by atoms with van der Waals surface area (Å²) in [4.78, 5) is 0. The second-order valence-electron chi connectivity index (χ2n) is 6.14. The number of aliphatic hydroxyl groups is 1. The van der Waals surface area contributed by atoms with Crippen molar-refractivity contribution in [1.82, 2.24) is 0 Å². The molecule has 2 saturated heterocycles. The maximum absolute atomic E-state index is 12.1. The summed E-state index contributed by atoms with van der Waals surface area (Å²) in [7, 11) is -0.641. The van der Waals surface area contributed by atoms with Gasteiger partial charge >= 0.3 is 0 Å². The number of rotatable bonds is 2. The molecule has 3 fully saturated rings. The highest BCUT2D eigenvalue weighted by Crippen LogP contribution is 2.44. The Morgan fingerprint density at radius 3 is 2.12 bits per heavy atom. The first-order chi connectivity index (χ1) is 7.66. The van der Waals surface area contributed by atoms with Gasteiger partial charge in [0.25, 0.3) is 0 Å². The van der Waals surface area contributed by atoms with Crippen molar-refractivity contribution in [2.45, 2.75) is 73.9 Å². The molecule has 3 aliphatic rings. The molecule has 2 nitrogen and oxygen atoms in total. The fourth-order valence-corrected chi connectivity index (χ4v) is 6.07. The molecule has 16 heavy (non-hydrogen) atoms. The average Bonchev–Trinajstić information content (AvgIpc) is 2.15. The van der Waals surface area contributed by atoms with E-state index in [-0.39, 0.29) is 0 Å². The molecule has 92 valence electrons. The number of hydrogen-bond donors (Lipinski definition) is 1. The van der Waals surface area contributed by atoms with Gasteiger partial charge in [-0.05, 0) is 38.0 Å². The van der Waals surface area contributed by atoms with Crippen molar-refractivity contribution in [3.05, 3.63) is 0 Å². The van der Waals surface area contributed by atoms with E-state index in [2.05, 4.69) is 0 Å². The molecule has 0 aromatic rings. The lowest BCUT2D eigenvalue weighted by Gasteiger charge is -2.46. The number of hydrogen-bond acceptors (Lipinski definition) is 2. The van der Waals surface area contributed by atoms with E-state index in [1.807, 2.05) is 0 Å². The fraction of sp³-hybridized carbons (Fsp3) is 1.00. The van der Waals surface area contributed by atoms with Gasteiger partial charge in [0.05, 0.1) is 5.60 Å². The topological polar surface area (TPSA) is 37.3 Å². The summed E-state index contributed by atoms with van der Waals surface area (Å²) in [6.07, 6.45) is 9.95. The number of fused-ring (bicyclic) bond motifs is 2. The largest absolute Gasteiger partial charge is 0.390 e. The molecule has 0 aromatic carbocycles. The van der Waals surface area contributed by atoms with Crippen LogP contribution in [0.2, 0.25) is 0 Å². The summed E-state index contributed by atoms with van der Waals surface area (Å²) in [5.74, 6) is 0.761. The molecule has 0 aromatic heterocycles. The molecule has 0 spiro atoms. The molecule has 0 radical (unpaired) electrons. The molecule has 2 unspecified atom stereocenters. The van der Waals surface area contributed by atoms with Crippen LogP contribution in [0.4, 0.5) is 0 Å². The Morgan fingerprint density at radius 2 is 1.62 bits per heavy atom. The summed E-state index contributed by atoms with van der Waals surface area (Å²) in [5.41, 5.74) is -0.464. The van der Waals surface area contributed by atoms with Crippen molar-refractivity contribution in [2.24, 2.45) is 5.92 Å². The first-order valence-electron chi connectivity index (χ1n) is 6.78. The SMILES string of the molecule is O=S1C2CCCC1CC(O)(CC1CCC1)C2. The molecule has 2 atom stereocenters. The van der Waals surface area contributed by atoms with Crippen LogP contribution < -0.4 is 0 Å². The lowest BCUT2D eigenvalue weighted by atomic mass is 9.73. The van der Waals surface area contributed by atoms with Gasteiger partial charge in [0.2, 0.25) is 0 Å². The fourth-order valence-electron chi connectivity index (χ4n) is 3.78. The van der Waals surface area contributed by atoms with Crippen LogP contribution in [0.15, 0.2) is 0 Å². The summed E-state index contributed by atoms with van der Waals surface area (Å²) < 4.78 is 12.1. The van der Waals surface area contributed by atoms with Gasteiger partial charge in [0, 0.05) is 21.3 Å². The third-order valence-corrected chi connectivity index (χ3v) is 6.94. The first kappa shape index (κ1) is 11.2. The van der Waals surface area contributed by atoms with E-state index in [4.69, 9.17) is 0 Å². The van der Waals surface area contributed by atoms with Crippen LogP contribution in [0.25, 0.3) is 0 Å². The van der Waals surface area contributed by atoms with Crippen LogP contribution in [0.5, 0.6) is 0 Å². The molecule has 2 heterocycles. The van der Waals surface area contributed by atoms with Crippen LogP contribution in [-0.2, 0) is 10.8 Å². The van der Waals surface area contributed by atoms with Gasteiger partial charge < -0.3 is 5.11 Å². The monoisotopic (exact) mass is 242 g/mol. The standard InChI is InChI=1S/C13H22O2S/c14-13(7-10-3-1-4-10)8-11-5-2-6-12(9-13)16(11)15/h10-12,14H,1-9H2. The quantitative estimate of drug-likeness (QED) is 0.807. The zero-order valence-corrected chi connectivity index (χ0v) is 10.7. The second kappa shape index (κ2) is 4.09. The van der Waals surface area contributed by atoms with Gasteiger partial charge in [-0.25, -0.2) is 0 Å². The highest BCUT2D eigenvalue weighted by atomic mass is 32.2. The highest BCUT2D eigenvalue weighted by Gasteiger charge is 2.46. The van der Waals surface area contributed by atoms with Crippen LogP contribution in [-0.4, -0.2) is 25.4 Å². The van der Waals surface area contributed by atoms with Crippen LogP contribution in [0.3, 0.4) is 0 Å². The normalized spacial score (nSPS) is 48.7. The van der Waals surface area contributed by atoms with E-state index in [1.165, 1.54) is 25.7 Å². The maximum atomic E-state index is 12.1. The van der Waals surface area contributed by atoms with Gasteiger partial charge in [-0.3, -0.25) is 4.21 Å². The van der Waals surface area contributed by atoms with E-state index in [0.29, 0.717) is 10.5 Å². The molecule has 2 aliphatic heterocycles. The van der Waals surface area contributed by atoms with E-state index in [1.54, 1.807) is 0 Å². The predicted octanol–water partition coefficient (Wildman–Crippen LogP) is 2.37. The predicted molar refractivity (Wildman–Crippen MR) is 65.7 cm³/mol. The maximum Gasteiger partial charge on any atom is 0.0673 e. The van der Waals surface area contributed by atoms with Crippen molar-refractivity contribution in [1.29, 1.82) is 0 Å². The zero-order chi connectivity index (χ0) is 11.2. The highest BCUT2D eigenvalue weighted by molar-refractivity contribution is 7.86. The molecule has 1 aliphatic carbocycles. The molecule has 2 bridgehead atoms. The average molecular weight is 242 g/mol. The van der Waals surface area contributed by atoms with Crippen LogP contribution in [0, 0.1) is 5.92 Å². The Hall–Kier alpha value is 0.110. The van der Waals surface area contributed by atoms with Crippen LogP contribution >= 0.6 is 0 Å². The summed E-state index contributed by atoms with van der Waals surface area (Å²) >= 11 is 0. The van der Waals surface area contributed by atoms with Gasteiger partial charge in [-0.1, -0.05) is 25.7 Å². The minimum Gasteiger partial charge on any atom is -0.390 e. The molecular formula is C13H22O2S. The van der Waals surface area contributed by atoms with E-state index < -0.39 is 16.4 Å². The summed E-state index contributed by atoms with van der Waals surface area (Å²) in [6, 6.07) is 0. The molecule has 1 N–H and O–H groups in total. The lowest BCUT2D eigenvalue weighted by Crippen LogP contribution is -2.50. The van der Waals surface area contributed by atoms with E-state index in [0.717, 1.165) is 38.0 Å². The van der Waals surface area contributed by atoms with Crippen molar-refractivity contribution in [3.8, 4) is 0 Å².